The Morgan fingerprint density at radius 1 is 1.07 bits per heavy atom. The number of ketones is 1. The van der Waals surface area contributed by atoms with Gasteiger partial charge in [-0.15, -0.1) is 0 Å². The van der Waals surface area contributed by atoms with Crippen LogP contribution in [0.5, 0.6) is 0 Å². The molecule has 30 heavy (non-hydrogen) atoms. The van der Waals surface area contributed by atoms with Crippen LogP contribution < -0.4 is 0 Å². The molecule has 0 radical (unpaired) electrons. The van der Waals surface area contributed by atoms with Crippen LogP contribution in [0.2, 0.25) is 0 Å². The number of carbonyl (C=O) groups is 2. The second-order valence-corrected chi connectivity index (χ2v) is 6.44. The van der Waals surface area contributed by atoms with E-state index in [2.05, 4.69) is 10.2 Å². The van der Waals surface area contributed by atoms with E-state index in [0.29, 0.717) is 23.6 Å². The number of Topliss-reactive ketones (excluding diaryl/α,β-unsaturated/α-hetero) is 1. The Labute approximate surface area is 171 Å². The minimum Gasteiger partial charge on any atom is -0.454 e. The highest BCUT2D eigenvalue weighted by atomic mass is 19.1. The summed E-state index contributed by atoms with van der Waals surface area (Å²) in [6.07, 6.45) is 7.91. The zero-order valence-corrected chi connectivity index (χ0v) is 16.1. The third kappa shape index (κ3) is 3.77. The van der Waals surface area contributed by atoms with Crippen molar-refractivity contribution in [1.82, 2.24) is 24.1 Å². The molecule has 0 aliphatic heterocycles. The molecule has 0 aliphatic rings. The maximum Gasteiger partial charge on any atom is 0.344 e. The van der Waals surface area contributed by atoms with Crippen molar-refractivity contribution < 1.29 is 18.7 Å². The van der Waals surface area contributed by atoms with Crippen LogP contribution >= 0.6 is 0 Å². The molecule has 0 saturated heterocycles. The summed E-state index contributed by atoms with van der Waals surface area (Å²) in [4.78, 5) is 25.0. The lowest BCUT2D eigenvalue weighted by atomic mass is 10.2. The molecule has 9 heteroatoms. The number of aromatic nitrogens is 5. The van der Waals surface area contributed by atoms with Gasteiger partial charge < -0.3 is 9.30 Å². The Bertz CT molecular complexity index is 1180. The van der Waals surface area contributed by atoms with Crippen molar-refractivity contribution in [2.75, 3.05) is 6.61 Å². The van der Waals surface area contributed by atoms with Crippen LogP contribution in [0.25, 0.3) is 11.5 Å². The van der Waals surface area contributed by atoms with Gasteiger partial charge in [0.05, 0.1) is 23.6 Å². The van der Waals surface area contributed by atoms with Crippen LogP contribution in [0, 0.1) is 5.82 Å². The molecule has 8 nitrogen and oxygen atoms in total. The average Bonchev–Trinajstić information content (AvgIpc) is 3.52. The summed E-state index contributed by atoms with van der Waals surface area (Å²) in [6, 6.07) is 9.32. The normalized spacial score (nSPS) is 10.9. The van der Waals surface area contributed by atoms with E-state index in [9.17, 15) is 14.0 Å². The van der Waals surface area contributed by atoms with Crippen LogP contribution in [-0.4, -0.2) is 42.5 Å². The molecule has 0 atom stereocenters. The monoisotopic (exact) mass is 407 g/mol. The lowest BCUT2D eigenvalue weighted by Crippen LogP contribution is -2.16. The summed E-state index contributed by atoms with van der Waals surface area (Å²) in [7, 11) is 0. The average molecular weight is 407 g/mol. The van der Waals surface area contributed by atoms with Crippen molar-refractivity contribution in [2.45, 2.75) is 13.5 Å². The van der Waals surface area contributed by atoms with Crippen molar-refractivity contribution in [3.05, 3.63) is 84.3 Å². The molecule has 0 N–H and O–H groups in total. The Hall–Kier alpha value is -4.01. The summed E-state index contributed by atoms with van der Waals surface area (Å²) < 4.78 is 23.4. The predicted octanol–water partition coefficient (Wildman–Crippen LogP) is 3.06. The van der Waals surface area contributed by atoms with Gasteiger partial charge in [0.15, 0.2) is 12.4 Å². The fourth-order valence-corrected chi connectivity index (χ4v) is 2.95. The van der Waals surface area contributed by atoms with Crippen molar-refractivity contribution >= 4 is 11.8 Å². The molecule has 4 aromatic rings. The summed E-state index contributed by atoms with van der Waals surface area (Å²) in [6.45, 7) is 2.12. The molecule has 0 aliphatic carbocycles. The highest BCUT2D eigenvalue weighted by Gasteiger charge is 2.22. The number of carbonyl (C=O) groups excluding carboxylic acids is 2. The first kappa shape index (κ1) is 19.3. The summed E-state index contributed by atoms with van der Waals surface area (Å²) in [5.74, 6) is -0.999. The Kier molecular flexibility index (Phi) is 5.25. The SMILES string of the molecule is CCn1cc(C(=O)COC(=O)c2cnn(-c3ccc(F)cc3)c2-n2cccc2)cn1. The van der Waals surface area contributed by atoms with E-state index >= 15 is 0 Å². The fraction of sp³-hybridized carbons (Fsp3) is 0.143. The van der Waals surface area contributed by atoms with Gasteiger partial charge in [0, 0.05) is 25.1 Å². The quantitative estimate of drug-likeness (QED) is 0.347. The van der Waals surface area contributed by atoms with Crippen LogP contribution in [0.15, 0.2) is 67.4 Å². The Balaban J connectivity index is 1.59. The van der Waals surface area contributed by atoms with E-state index < -0.39 is 12.6 Å². The Morgan fingerprint density at radius 3 is 2.47 bits per heavy atom. The van der Waals surface area contributed by atoms with Crippen LogP contribution in [0.3, 0.4) is 0 Å². The highest BCUT2D eigenvalue weighted by Crippen LogP contribution is 2.21. The molecule has 3 aromatic heterocycles. The van der Waals surface area contributed by atoms with E-state index in [1.807, 2.05) is 6.92 Å². The first-order chi connectivity index (χ1) is 14.6. The van der Waals surface area contributed by atoms with Crippen LogP contribution in [0.1, 0.15) is 27.6 Å². The second kappa shape index (κ2) is 8.16. The molecule has 0 saturated carbocycles. The number of rotatable bonds is 7. The van der Waals surface area contributed by atoms with Crippen LogP contribution in [-0.2, 0) is 11.3 Å². The zero-order valence-electron chi connectivity index (χ0n) is 16.1. The predicted molar refractivity (Wildman–Crippen MR) is 105 cm³/mol. The maximum absolute atomic E-state index is 13.3. The lowest BCUT2D eigenvalue weighted by Gasteiger charge is -2.10. The number of benzene rings is 1. The third-order valence-electron chi connectivity index (χ3n) is 4.50. The number of hydrogen-bond donors (Lipinski definition) is 0. The molecular weight excluding hydrogens is 389 g/mol. The highest BCUT2D eigenvalue weighted by molar-refractivity contribution is 5.99. The van der Waals surface area contributed by atoms with Crippen molar-refractivity contribution in [2.24, 2.45) is 0 Å². The summed E-state index contributed by atoms with van der Waals surface area (Å²) in [5, 5.41) is 8.31. The van der Waals surface area contributed by atoms with E-state index in [4.69, 9.17) is 4.74 Å². The van der Waals surface area contributed by atoms with Gasteiger partial charge in [0.25, 0.3) is 0 Å². The Morgan fingerprint density at radius 2 is 1.80 bits per heavy atom. The van der Waals surface area contributed by atoms with Gasteiger partial charge in [-0.25, -0.2) is 13.9 Å². The van der Waals surface area contributed by atoms with E-state index in [1.54, 1.807) is 52.1 Å². The smallest absolute Gasteiger partial charge is 0.344 e. The first-order valence-corrected chi connectivity index (χ1v) is 9.27. The molecular formula is C21H18FN5O3. The molecule has 0 unspecified atom stereocenters. The first-order valence-electron chi connectivity index (χ1n) is 9.27. The van der Waals surface area contributed by atoms with Crippen molar-refractivity contribution in [3.63, 3.8) is 0 Å². The second-order valence-electron chi connectivity index (χ2n) is 6.44. The van der Waals surface area contributed by atoms with Gasteiger partial charge in [0.2, 0.25) is 5.78 Å². The number of aryl methyl sites for hydroxylation is 1. The number of esters is 1. The van der Waals surface area contributed by atoms with Gasteiger partial charge in [-0.1, -0.05) is 0 Å². The summed E-state index contributed by atoms with van der Waals surface area (Å²) in [5.41, 5.74) is 1.12. The molecule has 3 heterocycles. The van der Waals surface area contributed by atoms with Crippen LogP contribution in [0.4, 0.5) is 4.39 Å². The molecule has 4 rings (SSSR count). The van der Waals surface area contributed by atoms with Crippen molar-refractivity contribution in [1.29, 1.82) is 0 Å². The standard InChI is InChI=1S/C21H18FN5O3/c1-2-26-13-15(11-23-26)19(28)14-30-21(29)18-12-24-27(17-7-5-16(22)6-8-17)20(18)25-9-3-4-10-25/h3-13H,2,14H2,1H3. The maximum atomic E-state index is 13.3. The number of ether oxygens (including phenoxy) is 1. The van der Waals surface area contributed by atoms with Gasteiger partial charge in [-0.3, -0.25) is 9.48 Å². The van der Waals surface area contributed by atoms with E-state index in [0.717, 1.165) is 0 Å². The molecule has 0 spiro atoms. The van der Waals surface area contributed by atoms with E-state index in [1.165, 1.54) is 29.2 Å². The number of nitrogens with zero attached hydrogens (tertiary/aromatic N) is 5. The molecule has 1 aromatic carbocycles. The molecule has 0 amide bonds. The molecule has 0 bridgehead atoms. The topological polar surface area (TPSA) is 83.9 Å². The largest absolute Gasteiger partial charge is 0.454 e. The van der Waals surface area contributed by atoms with Gasteiger partial charge >= 0.3 is 5.97 Å². The number of halogens is 1. The summed E-state index contributed by atoms with van der Waals surface area (Å²) >= 11 is 0. The van der Waals surface area contributed by atoms with Gasteiger partial charge in [0.1, 0.15) is 11.4 Å². The molecule has 0 fully saturated rings. The van der Waals surface area contributed by atoms with E-state index in [-0.39, 0.29) is 17.2 Å². The minimum absolute atomic E-state index is 0.174. The zero-order chi connectivity index (χ0) is 21.1. The third-order valence-corrected chi connectivity index (χ3v) is 4.50. The fourth-order valence-electron chi connectivity index (χ4n) is 2.95. The van der Waals surface area contributed by atoms with Crippen molar-refractivity contribution in [3.8, 4) is 11.5 Å². The molecule has 152 valence electrons. The lowest BCUT2D eigenvalue weighted by molar-refractivity contribution is 0.0474. The number of hydrogen-bond acceptors (Lipinski definition) is 5. The minimum atomic E-state index is -0.691. The van der Waals surface area contributed by atoms with Gasteiger partial charge in [-0.2, -0.15) is 10.2 Å². The van der Waals surface area contributed by atoms with Gasteiger partial charge in [-0.05, 0) is 43.3 Å².